The molecule has 0 bridgehead atoms. The summed E-state index contributed by atoms with van der Waals surface area (Å²) in [7, 11) is 3.51. The van der Waals surface area contributed by atoms with Crippen LogP contribution in [0.2, 0.25) is 5.02 Å². The highest BCUT2D eigenvalue weighted by Gasteiger charge is 2.34. The van der Waals surface area contributed by atoms with E-state index in [4.69, 9.17) is 21.1 Å². The van der Waals surface area contributed by atoms with Crippen molar-refractivity contribution in [2.45, 2.75) is 31.6 Å². The number of nitrogens with zero attached hydrogens (tertiary/aromatic N) is 3. The summed E-state index contributed by atoms with van der Waals surface area (Å²) < 4.78 is 11.3. The minimum atomic E-state index is -0.969. The number of halogens is 1. The highest BCUT2D eigenvalue weighted by atomic mass is 35.5. The second-order valence-electron chi connectivity index (χ2n) is 8.21. The molecule has 0 saturated carbocycles. The van der Waals surface area contributed by atoms with Crippen molar-refractivity contribution in [3.05, 3.63) is 64.2 Å². The first-order chi connectivity index (χ1) is 15.5. The number of piperidine rings is 1. The number of likely N-dealkylation sites (tertiary alicyclic amines) is 1. The van der Waals surface area contributed by atoms with Crippen molar-refractivity contribution in [3.63, 3.8) is 0 Å². The predicted octanol–water partition coefficient (Wildman–Crippen LogP) is 4.08. The predicted molar refractivity (Wildman–Crippen MR) is 126 cm³/mol. The van der Waals surface area contributed by atoms with Gasteiger partial charge in [0.1, 0.15) is 23.5 Å². The average molecular weight is 454 g/mol. The van der Waals surface area contributed by atoms with Gasteiger partial charge in [0.15, 0.2) is 6.23 Å². The molecule has 2 aliphatic heterocycles. The lowest BCUT2D eigenvalue weighted by molar-refractivity contribution is 0.126. The van der Waals surface area contributed by atoms with E-state index in [1.54, 1.807) is 12.0 Å². The fourth-order valence-electron chi connectivity index (χ4n) is 4.39. The van der Waals surface area contributed by atoms with Crippen molar-refractivity contribution in [2.75, 3.05) is 38.8 Å². The van der Waals surface area contributed by atoms with Crippen LogP contribution < -0.4 is 9.64 Å². The zero-order chi connectivity index (χ0) is 22.7. The van der Waals surface area contributed by atoms with E-state index in [-0.39, 0.29) is 6.10 Å². The number of hydrogen-bond donors (Lipinski definition) is 1. The minimum Gasteiger partial charge on any atom is -0.490 e. The van der Waals surface area contributed by atoms with Gasteiger partial charge in [-0.25, -0.2) is 0 Å². The zero-order valence-electron chi connectivity index (χ0n) is 18.4. The summed E-state index contributed by atoms with van der Waals surface area (Å²) in [6.45, 7) is 2.14. The molecule has 7 heteroatoms. The maximum Gasteiger partial charge on any atom is 0.165 e. The van der Waals surface area contributed by atoms with E-state index < -0.39 is 6.23 Å². The Balaban J connectivity index is 1.55. The first-order valence-electron chi connectivity index (χ1n) is 10.9. The number of rotatable bonds is 6. The van der Waals surface area contributed by atoms with Crippen molar-refractivity contribution in [3.8, 4) is 11.8 Å². The van der Waals surface area contributed by atoms with Crippen LogP contribution in [0.5, 0.6) is 5.75 Å². The summed E-state index contributed by atoms with van der Waals surface area (Å²) in [5, 5.41) is 21.4. The molecule has 1 N–H and O–H groups in total. The lowest BCUT2D eigenvalue weighted by Gasteiger charge is -2.41. The Morgan fingerprint density at radius 2 is 1.88 bits per heavy atom. The monoisotopic (exact) mass is 453 g/mol. The van der Waals surface area contributed by atoms with Crippen LogP contribution in [0.4, 0.5) is 5.69 Å². The summed E-state index contributed by atoms with van der Waals surface area (Å²) >= 11 is 5.96. The molecule has 1 saturated heterocycles. The summed E-state index contributed by atoms with van der Waals surface area (Å²) in [5.41, 5.74) is 4.27. The summed E-state index contributed by atoms with van der Waals surface area (Å²) in [4.78, 5) is 3.98. The van der Waals surface area contributed by atoms with Crippen LogP contribution in [0, 0.1) is 11.3 Å². The molecule has 1 atom stereocenters. The third kappa shape index (κ3) is 4.56. The Morgan fingerprint density at radius 3 is 2.53 bits per heavy atom. The zero-order valence-corrected chi connectivity index (χ0v) is 19.2. The number of likely N-dealkylation sites (N-methyl/N-ethyl adjacent to an activating group) is 1. The Labute approximate surface area is 194 Å². The minimum absolute atomic E-state index is 0.102. The molecule has 2 aromatic rings. The van der Waals surface area contributed by atoms with Gasteiger partial charge in [-0.05, 0) is 42.3 Å². The Morgan fingerprint density at radius 1 is 1.16 bits per heavy atom. The van der Waals surface area contributed by atoms with Gasteiger partial charge in [-0.15, -0.1) is 0 Å². The number of aliphatic hydroxyl groups excluding tert-OH is 1. The van der Waals surface area contributed by atoms with E-state index in [0.717, 1.165) is 60.6 Å². The molecule has 2 heterocycles. The van der Waals surface area contributed by atoms with Crippen molar-refractivity contribution < 1.29 is 14.6 Å². The first kappa shape index (κ1) is 22.5. The van der Waals surface area contributed by atoms with Crippen molar-refractivity contribution in [1.82, 2.24) is 4.90 Å². The van der Waals surface area contributed by atoms with Crippen LogP contribution >= 0.6 is 11.6 Å². The summed E-state index contributed by atoms with van der Waals surface area (Å²) in [5.74, 6) is 0.813. The van der Waals surface area contributed by atoms with Crippen LogP contribution in [-0.2, 0) is 11.2 Å². The van der Waals surface area contributed by atoms with Crippen LogP contribution in [0.1, 0.15) is 24.0 Å². The third-order valence-corrected chi connectivity index (χ3v) is 6.42. The number of fused-ring (bicyclic) bond motifs is 1. The van der Waals surface area contributed by atoms with Crippen LogP contribution in [0.3, 0.4) is 0 Å². The smallest absolute Gasteiger partial charge is 0.165 e. The van der Waals surface area contributed by atoms with Gasteiger partial charge in [0.25, 0.3) is 0 Å². The van der Waals surface area contributed by atoms with E-state index in [1.165, 1.54) is 0 Å². The molecule has 1 fully saturated rings. The standard InChI is InChI=1S/C25H28ClN3O3/c1-28-23-15-17(11-14-31-2)3-8-21(23)24(22(16-27)25(28)30)29-12-9-20(10-13-29)32-19-6-4-18(26)5-7-19/h3-8,15,20,25,30H,9-14H2,1-2H3. The summed E-state index contributed by atoms with van der Waals surface area (Å²) in [6, 6.07) is 15.9. The molecule has 0 spiro atoms. The van der Waals surface area contributed by atoms with Gasteiger partial charge in [-0.2, -0.15) is 5.26 Å². The molecule has 1 unspecified atom stereocenters. The van der Waals surface area contributed by atoms with Gasteiger partial charge in [0.2, 0.25) is 0 Å². The number of anilines is 1. The fraction of sp³-hybridized carbons (Fsp3) is 0.400. The molecular formula is C25H28ClN3O3. The van der Waals surface area contributed by atoms with E-state index in [1.807, 2.05) is 31.3 Å². The first-order valence-corrected chi connectivity index (χ1v) is 11.2. The van der Waals surface area contributed by atoms with Gasteiger partial charge in [0, 0.05) is 56.4 Å². The number of benzene rings is 2. The van der Waals surface area contributed by atoms with Crippen molar-refractivity contribution in [1.29, 1.82) is 5.26 Å². The lowest BCUT2D eigenvalue weighted by atomic mass is 9.93. The molecule has 4 rings (SSSR count). The second-order valence-corrected chi connectivity index (χ2v) is 8.65. The molecule has 6 nitrogen and oxygen atoms in total. The fourth-order valence-corrected chi connectivity index (χ4v) is 4.52. The molecule has 0 radical (unpaired) electrons. The maximum absolute atomic E-state index is 10.9. The Kier molecular flexibility index (Phi) is 6.90. The molecule has 2 aromatic carbocycles. The average Bonchev–Trinajstić information content (AvgIpc) is 2.82. The maximum atomic E-state index is 10.9. The second kappa shape index (κ2) is 9.83. The number of hydrogen-bond acceptors (Lipinski definition) is 6. The molecular weight excluding hydrogens is 426 g/mol. The van der Waals surface area contributed by atoms with Gasteiger partial charge < -0.3 is 24.4 Å². The number of nitriles is 1. The van der Waals surface area contributed by atoms with Crippen LogP contribution in [0.25, 0.3) is 5.70 Å². The number of methoxy groups -OCH3 is 1. The van der Waals surface area contributed by atoms with Crippen molar-refractivity contribution in [2.24, 2.45) is 0 Å². The van der Waals surface area contributed by atoms with E-state index in [0.29, 0.717) is 17.2 Å². The van der Waals surface area contributed by atoms with Gasteiger partial charge >= 0.3 is 0 Å². The molecule has 2 aliphatic rings. The molecule has 0 aromatic heterocycles. The highest BCUT2D eigenvalue weighted by molar-refractivity contribution is 6.30. The highest BCUT2D eigenvalue weighted by Crippen LogP contribution is 2.40. The Hall–Kier alpha value is -2.72. The summed E-state index contributed by atoms with van der Waals surface area (Å²) in [6.07, 6.45) is 1.59. The molecule has 0 aliphatic carbocycles. The quantitative estimate of drug-likeness (QED) is 0.710. The largest absolute Gasteiger partial charge is 0.490 e. The van der Waals surface area contributed by atoms with Crippen LogP contribution in [-0.4, -0.2) is 56.2 Å². The van der Waals surface area contributed by atoms with Gasteiger partial charge in [-0.3, -0.25) is 0 Å². The molecule has 168 valence electrons. The normalized spacial score (nSPS) is 19.0. The van der Waals surface area contributed by atoms with Crippen molar-refractivity contribution >= 4 is 23.0 Å². The number of ether oxygens (including phenoxy) is 2. The van der Waals surface area contributed by atoms with Gasteiger partial charge in [0.05, 0.1) is 12.3 Å². The SMILES string of the molecule is COCCc1ccc2c(c1)N(C)C(O)C(C#N)=C2N1CCC(Oc2ccc(Cl)cc2)CC1. The van der Waals surface area contributed by atoms with E-state index in [9.17, 15) is 10.4 Å². The van der Waals surface area contributed by atoms with Crippen LogP contribution in [0.15, 0.2) is 48.0 Å². The lowest BCUT2D eigenvalue weighted by Crippen LogP contribution is -2.43. The van der Waals surface area contributed by atoms with Gasteiger partial charge in [-0.1, -0.05) is 23.7 Å². The Bertz CT molecular complexity index is 1020. The topological polar surface area (TPSA) is 69.0 Å². The number of aliphatic hydroxyl groups is 1. The molecule has 32 heavy (non-hydrogen) atoms. The third-order valence-electron chi connectivity index (χ3n) is 6.17. The van der Waals surface area contributed by atoms with E-state index >= 15 is 0 Å². The molecule has 0 amide bonds. The van der Waals surface area contributed by atoms with E-state index in [2.05, 4.69) is 29.2 Å².